The lowest BCUT2D eigenvalue weighted by atomic mass is 10.0. The lowest BCUT2D eigenvalue weighted by Crippen LogP contribution is -1.98. The first-order chi connectivity index (χ1) is 8.09. The van der Waals surface area contributed by atoms with Gasteiger partial charge in [-0.1, -0.05) is 19.9 Å². The maximum Gasteiger partial charge on any atom is 0.129 e. The summed E-state index contributed by atoms with van der Waals surface area (Å²) in [5.41, 5.74) is 9.19. The predicted molar refractivity (Wildman–Crippen MR) is 69.4 cm³/mol. The summed E-state index contributed by atoms with van der Waals surface area (Å²) in [6.07, 6.45) is 4.52. The Morgan fingerprint density at radius 1 is 1.41 bits per heavy atom. The van der Waals surface area contributed by atoms with Gasteiger partial charge >= 0.3 is 0 Å². The molecule has 0 fully saturated rings. The van der Waals surface area contributed by atoms with Crippen LogP contribution in [-0.4, -0.2) is 14.8 Å². The number of nitrogens with two attached hydrogens (primary N) is 1. The second-order valence-corrected chi connectivity index (χ2v) is 4.67. The van der Waals surface area contributed by atoms with Crippen LogP contribution < -0.4 is 5.73 Å². The molecule has 2 rings (SSSR count). The van der Waals surface area contributed by atoms with E-state index in [9.17, 15) is 0 Å². The highest BCUT2D eigenvalue weighted by Gasteiger charge is 2.16. The Morgan fingerprint density at radius 3 is 2.76 bits per heavy atom. The van der Waals surface area contributed by atoms with Gasteiger partial charge in [0.2, 0.25) is 0 Å². The fourth-order valence-electron chi connectivity index (χ4n) is 1.95. The van der Waals surface area contributed by atoms with Gasteiger partial charge in [-0.15, -0.1) is 0 Å². The molecule has 0 aliphatic rings. The van der Waals surface area contributed by atoms with Crippen LogP contribution in [0.15, 0.2) is 24.5 Å². The largest absolute Gasteiger partial charge is 0.383 e. The first kappa shape index (κ1) is 11.6. The van der Waals surface area contributed by atoms with Crippen molar-refractivity contribution in [3.05, 3.63) is 30.2 Å². The van der Waals surface area contributed by atoms with Gasteiger partial charge in [0, 0.05) is 30.6 Å². The molecule has 4 heteroatoms. The highest BCUT2D eigenvalue weighted by molar-refractivity contribution is 5.76. The molecular weight excluding hydrogens is 212 g/mol. The van der Waals surface area contributed by atoms with Crippen molar-refractivity contribution < 1.29 is 0 Å². The monoisotopic (exact) mass is 230 g/mol. The molecule has 90 valence electrons. The average molecular weight is 230 g/mol. The molecule has 4 nitrogen and oxygen atoms in total. The zero-order valence-corrected chi connectivity index (χ0v) is 10.5. The van der Waals surface area contributed by atoms with Crippen molar-refractivity contribution in [1.82, 2.24) is 14.8 Å². The number of hydrogen-bond donors (Lipinski definition) is 1. The minimum absolute atomic E-state index is 0.555. The van der Waals surface area contributed by atoms with Gasteiger partial charge in [0.25, 0.3) is 0 Å². The Labute approximate surface area is 101 Å². The van der Waals surface area contributed by atoms with Gasteiger partial charge in [-0.05, 0) is 18.4 Å². The third-order valence-electron chi connectivity index (χ3n) is 2.72. The Hall–Kier alpha value is -1.84. The summed E-state index contributed by atoms with van der Waals surface area (Å²) in [7, 11) is 1.87. The highest BCUT2D eigenvalue weighted by atomic mass is 15.3. The van der Waals surface area contributed by atoms with Crippen LogP contribution in [-0.2, 0) is 13.5 Å². The van der Waals surface area contributed by atoms with Crippen molar-refractivity contribution in [2.45, 2.75) is 20.3 Å². The van der Waals surface area contributed by atoms with E-state index in [1.807, 2.05) is 25.4 Å². The molecule has 2 aromatic heterocycles. The summed E-state index contributed by atoms with van der Waals surface area (Å²) < 4.78 is 1.74. The van der Waals surface area contributed by atoms with E-state index in [1.165, 1.54) is 0 Å². The second-order valence-electron chi connectivity index (χ2n) is 4.67. The zero-order valence-electron chi connectivity index (χ0n) is 10.5. The summed E-state index contributed by atoms with van der Waals surface area (Å²) in [5.74, 6) is 1.26. The van der Waals surface area contributed by atoms with Gasteiger partial charge in [0.05, 0.1) is 5.69 Å². The summed E-state index contributed by atoms with van der Waals surface area (Å²) >= 11 is 0. The minimum atomic E-state index is 0.555. The average Bonchev–Trinajstić information content (AvgIpc) is 2.55. The lowest BCUT2D eigenvalue weighted by Gasteiger charge is -2.05. The van der Waals surface area contributed by atoms with E-state index in [2.05, 4.69) is 23.9 Å². The zero-order chi connectivity index (χ0) is 12.4. The Balaban J connectivity index is 2.52. The number of anilines is 1. The smallest absolute Gasteiger partial charge is 0.129 e. The van der Waals surface area contributed by atoms with E-state index in [-0.39, 0.29) is 0 Å². The molecule has 0 unspecified atom stereocenters. The molecular formula is C13H18N4. The van der Waals surface area contributed by atoms with E-state index < -0.39 is 0 Å². The van der Waals surface area contributed by atoms with Gasteiger partial charge in [-0.25, -0.2) is 0 Å². The van der Waals surface area contributed by atoms with E-state index >= 15 is 0 Å². The molecule has 0 saturated heterocycles. The Morgan fingerprint density at radius 2 is 2.18 bits per heavy atom. The van der Waals surface area contributed by atoms with Crippen molar-refractivity contribution in [3.63, 3.8) is 0 Å². The van der Waals surface area contributed by atoms with Crippen LogP contribution in [0, 0.1) is 5.92 Å². The molecule has 0 atom stereocenters. The maximum atomic E-state index is 6.08. The standard InChI is InChI=1S/C13H18N4/c1-9(2)7-11-12(13(14)17(3)16-11)10-5-4-6-15-8-10/h4-6,8-9H,7,14H2,1-3H3. The van der Waals surface area contributed by atoms with Gasteiger partial charge in [0.1, 0.15) is 5.82 Å². The number of aromatic nitrogens is 3. The van der Waals surface area contributed by atoms with Crippen molar-refractivity contribution >= 4 is 5.82 Å². The first-order valence-corrected chi connectivity index (χ1v) is 5.81. The number of nitrogens with zero attached hydrogens (tertiary/aromatic N) is 3. The minimum Gasteiger partial charge on any atom is -0.383 e. The van der Waals surface area contributed by atoms with Crippen molar-refractivity contribution in [1.29, 1.82) is 0 Å². The molecule has 2 aromatic rings. The lowest BCUT2D eigenvalue weighted by molar-refractivity contribution is 0.622. The predicted octanol–water partition coefficient (Wildman–Crippen LogP) is 2.26. The maximum absolute atomic E-state index is 6.08. The van der Waals surface area contributed by atoms with Crippen LogP contribution in [0.3, 0.4) is 0 Å². The van der Waals surface area contributed by atoms with Crippen molar-refractivity contribution in [2.24, 2.45) is 13.0 Å². The van der Waals surface area contributed by atoms with Crippen molar-refractivity contribution in [2.75, 3.05) is 5.73 Å². The van der Waals surface area contributed by atoms with Crippen LogP contribution in [0.5, 0.6) is 0 Å². The normalized spacial score (nSPS) is 11.1. The van der Waals surface area contributed by atoms with Crippen molar-refractivity contribution in [3.8, 4) is 11.1 Å². The van der Waals surface area contributed by atoms with E-state index in [0.29, 0.717) is 11.7 Å². The van der Waals surface area contributed by atoms with Gasteiger partial charge in [-0.2, -0.15) is 5.10 Å². The summed E-state index contributed by atoms with van der Waals surface area (Å²) in [4.78, 5) is 4.14. The summed E-state index contributed by atoms with van der Waals surface area (Å²) in [5, 5.41) is 4.49. The molecule has 0 aliphatic carbocycles. The van der Waals surface area contributed by atoms with Crippen LogP contribution in [0.25, 0.3) is 11.1 Å². The number of nitrogen functional groups attached to an aromatic ring is 1. The van der Waals surface area contributed by atoms with Crippen LogP contribution >= 0.6 is 0 Å². The Kier molecular flexibility index (Phi) is 3.13. The number of rotatable bonds is 3. The van der Waals surface area contributed by atoms with Gasteiger partial charge in [-0.3, -0.25) is 9.67 Å². The third-order valence-corrected chi connectivity index (χ3v) is 2.72. The fourth-order valence-corrected chi connectivity index (χ4v) is 1.95. The molecule has 0 amide bonds. The highest BCUT2D eigenvalue weighted by Crippen LogP contribution is 2.29. The quantitative estimate of drug-likeness (QED) is 0.880. The van der Waals surface area contributed by atoms with Gasteiger partial charge in [0.15, 0.2) is 0 Å². The van der Waals surface area contributed by atoms with Crippen LogP contribution in [0.2, 0.25) is 0 Å². The third kappa shape index (κ3) is 2.30. The van der Waals surface area contributed by atoms with E-state index in [0.717, 1.165) is 23.2 Å². The van der Waals surface area contributed by atoms with Crippen LogP contribution in [0.4, 0.5) is 5.82 Å². The number of hydrogen-bond acceptors (Lipinski definition) is 3. The summed E-state index contributed by atoms with van der Waals surface area (Å²) in [6.45, 7) is 4.36. The molecule has 0 spiro atoms. The molecule has 0 aromatic carbocycles. The molecule has 0 aliphatic heterocycles. The van der Waals surface area contributed by atoms with Crippen LogP contribution in [0.1, 0.15) is 19.5 Å². The van der Waals surface area contributed by atoms with Gasteiger partial charge < -0.3 is 5.73 Å². The summed E-state index contributed by atoms with van der Waals surface area (Å²) in [6, 6.07) is 3.94. The first-order valence-electron chi connectivity index (χ1n) is 5.81. The molecule has 0 saturated carbocycles. The topological polar surface area (TPSA) is 56.7 Å². The van der Waals surface area contributed by atoms with E-state index in [4.69, 9.17) is 5.73 Å². The molecule has 17 heavy (non-hydrogen) atoms. The Bertz CT molecular complexity index is 500. The SMILES string of the molecule is CC(C)Cc1nn(C)c(N)c1-c1cccnc1. The number of pyridine rings is 1. The number of aryl methyl sites for hydroxylation is 1. The fraction of sp³-hybridized carbons (Fsp3) is 0.385. The molecule has 2 N–H and O–H groups in total. The molecule has 0 bridgehead atoms. The molecule has 2 heterocycles. The molecule has 0 radical (unpaired) electrons. The van der Waals surface area contributed by atoms with E-state index in [1.54, 1.807) is 10.9 Å². The second kappa shape index (κ2) is 4.57.